The van der Waals surface area contributed by atoms with Crippen LogP contribution in [0.15, 0.2) is 41.1 Å². The van der Waals surface area contributed by atoms with Crippen LogP contribution in [0.25, 0.3) is 11.5 Å². The summed E-state index contributed by atoms with van der Waals surface area (Å²) in [5.74, 6) is 2.05. The van der Waals surface area contributed by atoms with E-state index in [0.29, 0.717) is 17.3 Å². The Morgan fingerprint density at radius 3 is 2.62 bits per heavy atom. The molecule has 168 valence electrons. The van der Waals surface area contributed by atoms with Gasteiger partial charge in [0.2, 0.25) is 0 Å². The number of aryl methyl sites for hydroxylation is 2. The van der Waals surface area contributed by atoms with Gasteiger partial charge in [-0.05, 0) is 86.0 Å². The average molecular weight is 434 g/mol. The van der Waals surface area contributed by atoms with Gasteiger partial charge in [-0.25, -0.2) is 0 Å². The number of aromatic nitrogens is 3. The first-order valence-electron chi connectivity index (χ1n) is 11.5. The van der Waals surface area contributed by atoms with Gasteiger partial charge in [-0.1, -0.05) is 0 Å². The molecule has 2 aromatic heterocycles. The zero-order chi connectivity index (χ0) is 22.1. The SMILES string of the molecule is COc1cc(C)cc(-c2nc(N3CCCC4(CCN(c5ccnc(C)c5)CC4)C3)no2)c1. The van der Waals surface area contributed by atoms with Crippen LogP contribution in [0.4, 0.5) is 11.6 Å². The maximum Gasteiger partial charge on any atom is 0.266 e. The van der Waals surface area contributed by atoms with Crippen LogP contribution in [0.2, 0.25) is 0 Å². The number of nitrogens with zero attached hydrogens (tertiary/aromatic N) is 5. The molecule has 7 nitrogen and oxygen atoms in total. The summed E-state index contributed by atoms with van der Waals surface area (Å²) in [5.41, 5.74) is 4.69. The van der Waals surface area contributed by atoms with Crippen LogP contribution >= 0.6 is 0 Å². The van der Waals surface area contributed by atoms with Gasteiger partial charge in [0.1, 0.15) is 5.75 Å². The van der Waals surface area contributed by atoms with Crippen LogP contribution in [0.1, 0.15) is 36.9 Å². The molecule has 1 aromatic carbocycles. The first-order valence-corrected chi connectivity index (χ1v) is 11.5. The van der Waals surface area contributed by atoms with E-state index >= 15 is 0 Å². The largest absolute Gasteiger partial charge is 0.497 e. The Labute approximate surface area is 189 Å². The normalized spacial score (nSPS) is 18.2. The fourth-order valence-electron chi connectivity index (χ4n) is 5.20. The third-order valence-corrected chi connectivity index (χ3v) is 6.96. The summed E-state index contributed by atoms with van der Waals surface area (Å²) in [5, 5.41) is 4.33. The van der Waals surface area contributed by atoms with Crippen LogP contribution in [-0.2, 0) is 0 Å². The summed E-state index contributed by atoms with van der Waals surface area (Å²) in [7, 11) is 1.67. The van der Waals surface area contributed by atoms with Crippen molar-refractivity contribution in [3.8, 4) is 17.2 Å². The number of hydrogen-bond acceptors (Lipinski definition) is 7. The van der Waals surface area contributed by atoms with Crippen molar-refractivity contribution in [3.05, 3.63) is 47.8 Å². The molecule has 0 N–H and O–H groups in total. The Morgan fingerprint density at radius 1 is 1.00 bits per heavy atom. The molecular weight excluding hydrogens is 402 g/mol. The fourth-order valence-corrected chi connectivity index (χ4v) is 5.20. The minimum absolute atomic E-state index is 0.324. The van der Waals surface area contributed by atoms with Crippen LogP contribution in [0.5, 0.6) is 5.75 Å². The van der Waals surface area contributed by atoms with Crippen molar-refractivity contribution in [3.63, 3.8) is 0 Å². The van der Waals surface area contributed by atoms with Gasteiger partial charge in [-0.3, -0.25) is 4.98 Å². The molecule has 2 aliphatic rings. The second kappa shape index (κ2) is 8.45. The summed E-state index contributed by atoms with van der Waals surface area (Å²) in [6.07, 6.45) is 6.72. The highest BCUT2D eigenvalue weighted by atomic mass is 16.5. The molecule has 32 heavy (non-hydrogen) atoms. The maximum atomic E-state index is 5.65. The highest BCUT2D eigenvalue weighted by molar-refractivity contribution is 5.59. The van der Waals surface area contributed by atoms with E-state index in [-0.39, 0.29) is 0 Å². The predicted molar refractivity (Wildman–Crippen MR) is 125 cm³/mol. The number of rotatable bonds is 4. The number of anilines is 2. The summed E-state index contributed by atoms with van der Waals surface area (Å²) in [6, 6.07) is 10.3. The number of benzene rings is 1. The quantitative estimate of drug-likeness (QED) is 0.593. The molecule has 1 spiro atoms. The van der Waals surface area contributed by atoms with Crippen molar-refractivity contribution in [2.24, 2.45) is 5.41 Å². The first-order chi connectivity index (χ1) is 15.5. The smallest absolute Gasteiger partial charge is 0.266 e. The average Bonchev–Trinajstić information content (AvgIpc) is 3.30. The lowest BCUT2D eigenvalue weighted by Gasteiger charge is -2.47. The topological polar surface area (TPSA) is 67.5 Å². The van der Waals surface area contributed by atoms with Gasteiger partial charge >= 0.3 is 0 Å². The molecule has 0 atom stereocenters. The molecule has 0 amide bonds. The van der Waals surface area contributed by atoms with E-state index in [1.165, 1.54) is 24.9 Å². The molecular formula is C25H31N5O2. The molecule has 4 heterocycles. The van der Waals surface area contributed by atoms with Gasteiger partial charge in [0.05, 0.1) is 7.11 Å². The maximum absolute atomic E-state index is 5.65. The van der Waals surface area contributed by atoms with Crippen molar-refractivity contribution in [2.75, 3.05) is 43.1 Å². The van der Waals surface area contributed by atoms with Gasteiger partial charge in [-0.15, -0.1) is 0 Å². The van der Waals surface area contributed by atoms with Gasteiger partial charge in [0.25, 0.3) is 11.8 Å². The molecule has 0 unspecified atom stereocenters. The number of hydrogen-bond donors (Lipinski definition) is 0. The van der Waals surface area contributed by atoms with E-state index in [9.17, 15) is 0 Å². The highest BCUT2D eigenvalue weighted by Gasteiger charge is 2.39. The third kappa shape index (κ3) is 4.16. The number of methoxy groups -OCH3 is 1. The van der Waals surface area contributed by atoms with E-state index in [4.69, 9.17) is 14.2 Å². The summed E-state index contributed by atoms with van der Waals surface area (Å²) in [6.45, 7) is 8.23. The van der Waals surface area contributed by atoms with Gasteiger partial charge in [0.15, 0.2) is 0 Å². The first kappa shape index (κ1) is 20.8. The number of ether oxygens (including phenoxy) is 1. The predicted octanol–water partition coefficient (Wildman–Crippen LogP) is 4.64. The van der Waals surface area contributed by atoms with Crippen LogP contribution in [-0.4, -0.2) is 48.4 Å². The Hall–Kier alpha value is -3.09. The zero-order valence-electron chi connectivity index (χ0n) is 19.2. The molecule has 0 bridgehead atoms. The fraction of sp³-hybridized carbons (Fsp3) is 0.480. The molecule has 7 heteroatoms. The Morgan fingerprint density at radius 2 is 1.84 bits per heavy atom. The van der Waals surface area contributed by atoms with Crippen LogP contribution < -0.4 is 14.5 Å². The Balaban J connectivity index is 1.28. The standard InChI is InChI=1S/C25H31N5O2/c1-18-13-20(16-22(14-18)31-3)23-27-24(28-32-23)30-10-4-6-25(17-30)7-11-29(12-8-25)21-5-9-26-19(2)15-21/h5,9,13-16H,4,6-8,10-12,17H2,1-3H3. The van der Waals surface area contributed by atoms with E-state index in [2.05, 4.69) is 39.0 Å². The monoisotopic (exact) mass is 433 g/mol. The lowest BCUT2D eigenvalue weighted by atomic mass is 9.72. The van der Waals surface area contributed by atoms with E-state index in [0.717, 1.165) is 55.2 Å². The van der Waals surface area contributed by atoms with E-state index in [1.807, 2.05) is 31.3 Å². The Kier molecular flexibility index (Phi) is 5.49. The summed E-state index contributed by atoms with van der Waals surface area (Å²) < 4.78 is 11.0. The van der Waals surface area contributed by atoms with Crippen molar-refractivity contribution >= 4 is 11.6 Å². The Bertz CT molecular complexity index is 1090. The van der Waals surface area contributed by atoms with E-state index in [1.54, 1.807) is 7.11 Å². The van der Waals surface area contributed by atoms with Gasteiger partial charge in [0, 0.05) is 49.3 Å². The number of pyridine rings is 1. The van der Waals surface area contributed by atoms with Crippen LogP contribution in [0, 0.1) is 19.3 Å². The van der Waals surface area contributed by atoms with Crippen molar-refractivity contribution in [1.29, 1.82) is 0 Å². The molecule has 2 saturated heterocycles. The minimum atomic E-state index is 0.324. The lowest BCUT2D eigenvalue weighted by molar-refractivity contribution is 0.177. The van der Waals surface area contributed by atoms with Crippen LogP contribution in [0.3, 0.4) is 0 Å². The van der Waals surface area contributed by atoms with Gasteiger partial charge < -0.3 is 19.1 Å². The third-order valence-electron chi connectivity index (χ3n) is 6.96. The second-order valence-corrected chi connectivity index (χ2v) is 9.31. The van der Waals surface area contributed by atoms with Crippen molar-refractivity contribution in [2.45, 2.75) is 39.5 Å². The molecule has 0 saturated carbocycles. The number of piperidine rings is 2. The second-order valence-electron chi connectivity index (χ2n) is 9.31. The molecule has 2 fully saturated rings. The van der Waals surface area contributed by atoms with Gasteiger partial charge in [-0.2, -0.15) is 4.98 Å². The minimum Gasteiger partial charge on any atom is -0.497 e. The molecule has 0 radical (unpaired) electrons. The molecule has 5 rings (SSSR count). The molecule has 2 aliphatic heterocycles. The summed E-state index contributed by atoms with van der Waals surface area (Å²) in [4.78, 5) is 13.9. The lowest BCUT2D eigenvalue weighted by Crippen LogP contribution is -2.50. The van der Waals surface area contributed by atoms with Crippen molar-refractivity contribution in [1.82, 2.24) is 15.1 Å². The molecule has 3 aromatic rings. The summed E-state index contributed by atoms with van der Waals surface area (Å²) >= 11 is 0. The zero-order valence-corrected chi connectivity index (χ0v) is 19.2. The highest BCUT2D eigenvalue weighted by Crippen LogP contribution is 2.41. The van der Waals surface area contributed by atoms with E-state index < -0.39 is 0 Å². The molecule has 0 aliphatic carbocycles. The van der Waals surface area contributed by atoms with Crippen molar-refractivity contribution < 1.29 is 9.26 Å².